The number of aromatic nitrogens is 2. The molecular weight excluding hydrogens is 300 g/mol. The number of hydrogen-bond acceptors (Lipinski definition) is 6. The van der Waals surface area contributed by atoms with Gasteiger partial charge in [0.2, 0.25) is 0 Å². The van der Waals surface area contributed by atoms with E-state index in [1.54, 1.807) is 19.1 Å². The molecule has 1 aliphatic carbocycles. The average molecular weight is 316 g/mol. The molecular formula is C16H16N2O3S. The Kier molecular flexibility index (Phi) is 3.36. The highest BCUT2D eigenvalue weighted by Gasteiger charge is 2.38. The zero-order valence-corrected chi connectivity index (χ0v) is 13.5. The summed E-state index contributed by atoms with van der Waals surface area (Å²) in [6, 6.07) is 3.50. The van der Waals surface area contributed by atoms with Crippen LogP contribution in [0.25, 0.3) is 16.0 Å². The number of nitrogens with zero attached hydrogens (tertiary/aromatic N) is 2. The third-order valence-electron chi connectivity index (χ3n) is 4.00. The van der Waals surface area contributed by atoms with E-state index in [1.165, 1.54) is 11.5 Å². The molecule has 1 aromatic carbocycles. The highest BCUT2D eigenvalue weighted by molar-refractivity contribution is 7.12. The maximum atomic E-state index is 12.3. The van der Waals surface area contributed by atoms with E-state index < -0.39 is 0 Å². The Hall–Kier alpha value is -2.08. The number of benzene rings is 1. The molecule has 0 radical (unpaired) electrons. The molecule has 3 rings (SSSR count). The molecule has 1 saturated carbocycles. The molecule has 1 heterocycles. The van der Waals surface area contributed by atoms with Gasteiger partial charge in [-0.15, -0.1) is 5.10 Å². The molecule has 114 valence electrons. The van der Waals surface area contributed by atoms with Crippen molar-refractivity contribution >= 4 is 39.1 Å². The summed E-state index contributed by atoms with van der Waals surface area (Å²) in [5.74, 6) is -0.831. The second kappa shape index (κ2) is 4.98. The Morgan fingerprint density at radius 3 is 2.50 bits per heavy atom. The summed E-state index contributed by atoms with van der Waals surface area (Å²) in [5, 5.41) is 14.6. The highest BCUT2D eigenvalue weighted by Crippen LogP contribution is 2.37. The van der Waals surface area contributed by atoms with Crippen molar-refractivity contribution in [3.8, 4) is 0 Å². The lowest BCUT2D eigenvalue weighted by Gasteiger charge is -2.29. The largest absolute Gasteiger partial charge is 0.506 e. The normalized spacial score (nSPS) is 18.0. The molecule has 2 aromatic rings. The molecule has 0 amide bonds. The maximum Gasteiger partial charge on any atom is 0.170 e. The van der Waals surface area contributed by atoms with Gasteiger partial charge in [0, 0.05) is 18.4 Å². The van der Waals surface area contributed by atoms with Gasteiger partial charge in [-0.25, -0.2) is 0 Å². The van der Waals surface area contributed by atoms with E-state index in [9.17, 15) is 14.7 Å². The molecule has 0 spiro atoms. The second-order valence-electron chi connectivity index (χ2n) is 6.45. The fourth-order valence-electron chi connectivity index (χ4n) is 2.90. The summed E-state index contributed by atoms with van der Waals surface area (Å²) in [4.78, 5) is 24.6. The van der Waals surface area contributed by atoms with Gasteiger partial charge in [0.1, 0.15) is 16.8 Å². The number of fused-ring (bicyclic) bond motifs is 1. The smallest absolute Gasteiger partial charge is 0.170 e. The van der Waals surface area contributed by atoms with Crippen LogP contribution in [-0.2, 0) is 9.59 Å². The quantitative estimate of drug-likeness (QED) is 0.496. The standard InChI is InChI=1S/C16H16N2O3S/c1-8-9(4-5-12-14(8)17-18-22-12)15(21)13-10(19)6-16(2,3)7-11(13)20/h4-5,21H,6-7H2,1-3H3. The molecule has 6 heteroatoms. The van der Waals surface area contributed by atoms with Crippen LogP contribution < -0.4 is 0 Å². The van der Waals surface area contributed by atoms with E-state index >= 15 is 0 Å². The van der Waals surface area contributed by atoms with Gasteiger partial charge in [0.05, 0.1) is 4.70 Å². The van der Waals surface area contributed by atoms with E-state index in [2.05, 4.69) is 9.59 Å². The summed E-state index contributed by atoms with van der Waals surface area (Å²) in [6.45, 7) is 5.57. The topological polar surface area (TPSA) is 80.1 Å². The molecule has 22 heavy (non-hydrogen) atoms. The Balaban J connectivity index is 2.15. The van der Waals surface area contributed by atoms with Gasteiger partial charge < -0.3 is 5.11 Å². The number of hydrogen-bond donors (Lipinski definition) is 1. The molecule has 1 aliphatic rings. The first-order chi connectivity index (χ1) is 10.3. The summed E-state index contributed by atoms with van der Waals surface area (Å²) in [5.41, 5.74) is 1.45. The number of aliphatic hydroxyl groups is 1. The SMILES string of the molecule is Cc1c(C(O)=C2C(=O)CC(C)(C)CC2=O)ccc2snnc12. The minimum Gasteiger partial charge on any atom is -0.506 e. The number of rotatable bonds is 1. The number of ketones is 2. The number of carbonyl (C=O) groups excluding carboxylic acids is 2. The third kappa shape index (κ3) is 2.33. The molecule has 0 saturated heterocycles. The summed E-state index contributed by atoms with van der Waals surface area (Å²) >= 11 is 1.27. The van der Waals surface area contributed by atoms with Crippen LogP contribution in [0.2, 0.25) is 0 Å². The van der Waals surface area contributed by atoms with E-state index in [0.717, 1.165) is 10.3 Å². The van der Waals surface area contributed by atoms with Crippen LogP contribution >= 0.6 is 11.5 Å². The lowest BCUT2D eigenvalue weighted by molar-refractivity contribution is -0.127. The average Bonchev–Trinajstić information content (AvgIpc) is 2.85. The monoisotopic (exact) mass is 316 g/mol. The van der Waals surface area contributed by atoms with Crippen molar-refractivity contribution in [3.05, 3.63) is 28.8 Å². The van der Waals surface area contributed by atoms with Gasteiger partial charge in [-0.05, 0) is 41.6 Å². The van der Waals surface area contributed by atoms with Crippen LogP contribution in [0, 0.1) is 12.3 Å². The Morgan fingerprint density at radius 1 is 1.23 bits per heavy atom. The zero-order valence-electron chi connectivity index (χ0n) is 12.6. The Labute approximate surface area is 131 Å². The molecule has 1 fully saturated rings. The van der Waals surface area contributed by atoms with Crippen molar-refractivity contribution in [2.75, 3.05) is 0 Å². The number of aliphatic hydroxyl groups excluding tert-OH is 1. The third-order valence-corrected chi connectivity index (χ3v) is 4.69. The van der Waals surface area contributed by atoms with Gasteiger partial charge in [-0.3, -0.25) is 9.59 Å². The van der Waals surface area contributed by atoms with Crippen LogP contribution in [0.1, 0.15) is 37.8 Å². The molecule has 0 aliphatic heterocycles. The van der Waals surface area contributed by atoms with Gasteiger partial charge in [0.15, 0.2) is 11.6 Å². The van der Waals surface area contributed by atoms with Crippen molar-refractivity contribution < 1.29 is 14.7 Å². The van der Waals surface area contributed by atoms with Crippen LogP contribution in [0.5, 0.6) is 0 Å². The van der Waals surface area contributed by atoms with E-state index in [0.29, 0.717) is 11.1 Å². The van der Waals surface area contributed by atoms with Gasteiger partial charge >= 0.3 is 0 Å². The van der Waals surface area contributed by atoms with Crippen molar-refractivity contribution in [3.63, 3.8) is 0 Å². The highest BCUT2D eigenvalue weighted by atomic mass is 32.1. The van der Waals surface area contributed by atoms with Gasteiger partial charge in [-0.2, -0.15) is 0 Å². The van der Waals surface area contributed by atoms with Crippen LogP contribution in [0.4, 0.5) is 0 Å². The minimum absolute atomic E-state index is 0.0787. The van der Waals surface area contributed by atoms with E-state index in [1.807, 2.05) is 13.8 Å². The number of allylic oxidation sites excluding steroid dienone is 1. The first kappa shape index (κ1) is 14.8. The molecule has 1 N–H and O–H groups in total. The first-order valence-corrected chi connectivity index (χ1v) is 7.79. The fraction of sp³-hybridized carbons (Fsp3) is 0.375. The number of Topliss-reactive ketones (excluding diaryl/α,β-unsaturated/α-hetero) is 2. The molecule has 0 unspecified atom stereocenters. The van der Waals surface area contributed by atoms with Crippen molar-refractivity contribution in [2.45, 2.75) is 33.6 Å². The fourth-order valence-corrected chi connectivity index (χ4v) is 3.52. The molecule has 1 aromatic heterocycles. The van der Waals surface area contributed by atoms with Crippen molar-refractivity contribution in [1.29, 1.82) is 0 Å². The molecule has 5 nitrogen and oxygen atoms in total. The van der Waals surface area contributed by atoms with Crippen molar-refractivity contribution in [2.24, 2.45) is 5.41 Å². The maximum absolute atomic E-state index is 12.3. The van der Waals surface area contributed by atoms with Gasteiger partial charge in [-0.1, -0.05) is 18.3 Å². The second-order valence-corrected chi connectivity index (χ2v) is 7.23. The van der Waals surface area contributed by atoms with Crippen molar-refractivity contribution in [1.82, 2.24) is 9.59 Å². The van der Waals surface area contributed by atoms with Crippen LogP contribution in [0.15, 0.2) is 17.7 Å². The summed E-state index contributed by atoms with van der Waals surface area (Å²) in [6.07, 6.45) is 0.523. The van der Waals surface area contributed by atoms with Crippen LogP contribution in [0.3, 0.4) is 0 Å². The predicted octanol–water partition coefficient (Wildman–Crippen LogP) is 3.23. The van der Waals surface area contributed by atoms with Gasteiger partial charge in [0.25, 0.3) is 0 Å². The zero-order chi connectivity index (χ0) is 16.1. The lowest BCUT2D eigenvalue weighted by atomic mass is 9.73. The number of carbonyl (C=O) groups is 2. The molecule has 0 atom stereocenters. The Morgan fingerprint density at radius 2 is 1.86 bits per heavy atom. The summed E-state index contributed by atoms with van der Waals surface area (Å²) < 4.78 is 4.79. The van der Waals surface area contributed by atoms with E-state index in [4.69, 9.17) is 0 Å². The molecule has 0 bridgehead atoms. The first-order valence-electron chi connectivity index (χ1n) is 7.02. The summed E-state index contributed by atoms with van der Waals surface area (Å²) in [7, 11) is 0. The van der Waals surface area contributed by atoms with E-state index in [-0.39, 0.29) is 41.2 Å². The Bertz CT molecular complexity index is 811. The van der Waals surface area contributed by atoms with Crippen LogP contribution in [-0.4, -0.2) is 26.3 Å². The number of aryl methyl sites for hydroxylation is 1. The lowest BCUT2D eigenvalue weighted by Crippen LogP contribution is -2.32. The predicted molar refractivity (Wildman–Crippen MR) is 84.7 cm³/mol. The minimum atomic E-state index is -0.351.